The summed E-state index contributed by atoms with van der Waals surface area (Å²) in [5, 5.41) is 11.1. The number of allylic oxidation sites excluding steroid dienone is 4. The van der Waals surface area contributed by atoms with Gasteiger partial charge in [-0.2, -0.15) is 0 Å². The molecular formula is C18H16F2N2O3. The number of aryl methyl sites for hydroxylation is 1. The van der Waals surface area contributed by atoms with Crippen LogP contribution in [0, 0.1) is 12.7 Å². The van der Waals surface area contributed by atoms with E-state index >= 15 is 0 Å². The quantitative estimate of drug-likeness (QED) is 0.856. The van der Waals surface area contributed by atoms with Gasteiger partial charge in [0.05, 0.1) is 23.5 Å². The molecule has 0 bridgehead atoms. The van der Waals surface area contributed by atoms with Crippen LogP contribution in [0.5, 0.6) is 0 Å². The fraction of sp³-hybridized carbons (Fsp3) is 0.167. The highest BCUT2D eigenvalue weighted by Gasteiger charge is 2.19. The zero-order valence-corrected chi connectivity index (χ0v) is 13.5. The van der Waals surface area contributed by atoms with Crippen molar-refractivity contribution in [1.29, 1.82) is 0 Å². The number of nitrogens with zero attached hydrogens (tertiary/aromatic N) is 1. The molecule has 25 heavy (non-hydrogen) atoms. The molecule has 2 rings (SSSR count). The average Bonchev–Trinajstić information content (AvgIpc) is 2.50. The van der Waals surface area contributed by atoms with E-state index in [9.17, 15) is 18.4 Å². The van der Waals surface area contributed by atoms with Gasteiger partial charge in [0, 0.05) is 6.42 Å². The molecule has 0 unspecified atom stereocenters. The van der Waals surface area contributed by atoms with E-state index in [4.69, 9.17) is 5.11 Å². The zero-order valence-electron chi connectivity index (χ0n) is 13.5. The smallest absolute Gasteiger partial charge is 0.303 e. The van der Waals surface area contributed by atoms with Gasteiger partial charge < -0.3 is 10.4 Å². The Morgan fingerprint density at radius 1 is 1.24 bits per heavy atom. The lowest BCUT2D eigenvalue weighted by Gasteiger charge is -2.17. The van der Waals surface area contributed by atoms with E-state index in [1.54, 1.807) is 6.92 Å². The summed E-state index contributed by atoms with van der Waals surface area (Å²) in [5.74, 6) is -2.72. The van der Waals surface area contributed by atoms with Gasteiger partial charge >= 0.3 is 5.97 Å². The second kappa shape index (κ2) is 7.65. The first-order chi connectivity index (χ1) is 11.8. The van der Waals surface area contributed by atoms with Crippen LogP contribution in [0.4, 0.5) is 14.5 Å². The van der Waals surface area contributed by atoms with Crippen LogP contribution in [0.25, 0.3) is 0 Å². The number of hydrogen-bond donors (Lipinski definition) is 2. The van der Waals surface area contributed by atoms with E-state index in [0.717, 1.165) is 12.2 Å². The lowest BCUT2D eigenvalue weighted by Crippen LogP contribution is -2.29. The SMILES string of the molecule is C=C1C=C(F)C=C(NC(=O)CCC(=O)O)C1=Nc1ccc(F)cc1C. The van der Waals surface area contributed by atoms with Crippen LogP contribution in [-0.4, -0.2) is 22.7 Å². The fourth-order valence-corrected chi connectivity index (χ4v) is 2.18. The Morgan fingerprint density at radius 3 is 2.60 bits per heavy atom. The van der Waals surface area contributed by atoms with Gasteiger partial charge in [-0.1, -0.05) is 6.58 Å². The van der Waals surface area contributed by atoms with Gasteiger partial charge in [0.2, 0.25) is 5.91 Å². The largest absolute Gasteiger partial charge is 0.481 e. The van der Waals surface area contributed by atoms with Gasteiger partial charge in [0.15, 0.2) is 0 Å². The zero-order chi connectivity index (χ0) is 18.6. The first kappa shape index (κ1) is 18.3. The molecule has 1 aromatic rings. The second-order valence-electron chi connectivity index (χ2n) is 5.45. The Kier molecular flexibility index (Phi) is 5.59. The summed E-state index contributed by atoms with van der Waals surface area (Å²) < 4.78 is 26.9. The number of hydrogen-bond acceptors (Lipinski definition) is 3. The highest BCUT2D eigenvalue weighted by atomic mass is 19.1. The molecule has 130 valence electrons. The Hall–Kier alpha value is -3.09. The number of aliphatic carboxylic acids is 1. The lowest BCUT2D eigenvalue weighted by molar-refractivity contribution is -0.138. The molecule has 1 amide bonds. The van der Waals surface area contributed by atoms with Crippen molar-refractivity contribution in [3.63, 3.8) is 0 Å². The number of benzene rings is 1. The number of rotatable bonds is 5. The van der Waals surface area contributed by atoms with Gasteiger partial charge in [-0.3, -0.25) is 9.59 Å². The number of carbonyl (C=O) groups is 2. The van der Waals surface area contributed by atoms with Crippen LogP contribution in [0.1, 0.15) is 18.4 Å². The molecule has 0 spiro atoms. The molecule has 0 heterocycles. The minimum Gasteiger partial charge on any atom is -0.481 e. The van der Waals surface area contributed by atoms with Gasteiger partial charge in [0.1, 0.15) is 11.6 Å². The predicted octanol–water partition coefficient (Wildman–Crippen LogP) is 3.49. The Bertz CT molecular complexity index is 839. The third-order valence-electron chi connectivity index (χ3n) is 3.38. The molecule has 1 aromatic carbocycles. The summed E-state index contributed by atoms with van der Waals surface area (Å²) >= 11 is 0. The number of amides is 1. The second-order valence-corrected chi connectivity index (χ2v) is 5.45. The molecule has 0 saturated carbocycles. The number of nitrogens with one attached hydrogen (secondary N) is 1. The van der Waals surface area contributed by atoms with E-state index in [-0.39, 0.29) is 29.8 Å². The number of carboxylic acids is 1. The van der Waals surface area contributed by atoms with Crippen molar-refractivity contribution in [2.45, 2.75) is 19.8 Å². The lowest BCUT2D eigenvalue weighted by atomic mass is 10.0. The standard InChI is InChI=1S/C18H16F2N2O3/c1-10-7-12(19)3-4-14(10)22-18-11(2)8-13(20)9-15(18)21-16(23)5-6-17(24)25/h3-4,7-9H,2,5-6H2,1H3,(H,21,23)(H,24,25). The summed E-state index contributed by atoms with van der Waals surface area (Å²) in [6.07, 6.45) is 1.63. The van der Waals surface area contributed by atoms with Gasteiger partial charge in [-0.25, -0.2) is 13.8 Å². The van der Waals surface area contributed by atoms with Crippen molar-refractivity contribution in [2.75, 3.05) is 0 Å². The van der Waals surface area contributed by atoms with Gasteiger partial charge in [0.25, 0.3) is 0 Å². The van der Waals surface area contributed by atoms with Crippen molar-refractivity contribution in [3.8, 4) is 0 Å². The van der Waals surface area contributed by atoms with E-state index in [1.165, 1.54) is 18.2 Å². The molecule has 0 aromatic heterocycles. The maximum Gasteiger partial charge on any atom is 0.303 e. The molecule has 0 saturated heterocycles. The van der Waals surface area contributed by atoms with Crippen molar-refractivity contribution < 1.29 is 23.5 Å². The Morgan fingerprint density at radius 2 is 1.96 bits per heavy atom. The van der Waals surface area contributed by atoms with Crippen molar-refractivity contribution in [3.05, 3.63) is 65.4 Å². The predicted molar refractivity (Wildman–Crippen MR) is 89.7 cm³/mol. The van der Waals surface area contributed by atoms with Crippen LogP contribution >= 0.6 is 0 Å². The molecule has 0 radical (unpaired) electrons. The molecule has 0 aliphatic heterocycles. The van der Waals surface area contributed by atoms with E-state index in [0.29, 0.717) is 11.3 Å². The Balaban J connectivity index is 2.32. The molecule has 7 heteroatoms. The summed E-state index contributed by atoms with van der Waals surface area (Å²) in [6.45, 7) is 5.38. The third-order valence-corrected chi connectivity index (χ3v) is 3.38. The number of halogens is 2. The van der Waals surface area contributed by atoms with Crippen LogP contribution in [0.2, 0.25) is 0 Å². The van der Waals surface area contributed by atoms with Crippen molar-refractivity contribution in [2.24, 2.45) is 4.99 Å². The van der Waals surface area contributed by atoms with Crippen LogP contribution in [-0.2, 0) is 9.59 Å². The molecule has 1 aliphatic carbocycles. The molecular weight excluding hydrogens is 330 g/mol. The molecule has 5 nitrogen and oxygen atoms in total. The first-order valence-electron chi connectivity index (χ1n) is 7.41. The van der Waals surface area contributed by atoms with E-state index in [1.807, 2.05) is 0 Å². The van der Waals surface area contributed by atoms with Gasteiger partial charge in [-0.15, -0.1) is 0 Å². The maximum atomic E-state index is 13.7. The highest BCUT2D eigenvalue weighted by molar-refractivity contribution is 6.17. The third kappa shape index (κ3) is 4.94. The van der Waals surface area contributed by atoms with Gasteiger partial charge in [-0.05, 0) is 48.4 Å². The van der Waals surface area contributed by atoms with E-state index in [2.05, 4.69) is 16.9 Å². The van der Waals surface area contributed by atoms with Crippen molar-refractivity contribution in [1.82, 2.24) is 5.32 Å². The molecule has 1 aliphatic rings. The first-order valence-corrected chi connectivity index (χ1v) is 7.41. The molecule has 2 N–H and O–H groups in total. The molecule has 0 atom stereocenters. The maximum absolute atomic E-state index is 13.7. The minimum atomic E-state index is -1.11. The fourth-order valence-electron chi connectivity index (χ4n) is 2.18. The summed E-state index contributed by atoms with van der Waals surface area (Å²) in [7, 11) is 0. The monoisotopic (exact) mass is 346 g/mol. The van der Waals surface area contributed by atoms with E-state index < -0.39 is 23.5 Å². The summed E-state index contributed by atoms with van der Waals surface area (Å²) in [4.78, 5) is 26.7. The summed E-state index contributed by atoms with van der Waals surface area (Å²) in [5.41, 5.74) is 1.53. The number of carboxylic acid groups (broad SMARTS) is 1. The van der Waals surface area contributed by atoms with Crippen LogP contribution in [0.3, 0.4) is 0 Å². The average molecular weight is 346 g/mol. The summed E-state index contributed by atoms with van der Waals surface area (Å²) in [6, 6.07) is 4.00. The van der Waals surface area contributed by atoms with Crippen LogP contribution < -0.4 is 5.32 Å². The number of carbonyl (C=O) groups excluding carboxylic acids is 1. The normalized spacial score (nSPS) is 15.6. The number of aliphatic imine (C=N–C) groups is 1. The molecule has 0 fully saturated rings. The highest BCUT2D eigenvalue weighted by Crippen LogP contribution is 2.25. The van der Waals surface area contributed by atoms with Crippen LogP contribution in [0.15, 0.2) is 59.0 Å². The topological polar surface area (TPSA) is 78.8 Å². The Labute approximate surface area is 143 Å². The minimum absolute atomic E-state index is 0.0733. The van der Waals surface area contributed by atoms with Crippen molar-refractivity contribution >= 4 is 23.3 Å².